The van der Waals surface area contributed by atoms with Crippen molar-refractivity contribution < 1.29 is 14.3 Å². The number of carbonyl (C=O) groups is 2. The Morgan fingerprint density at radius 3 is 2.33 bits per heavy atom. The molecule has 0 bridgehead atoms. The van der Waals surface area contributed by atoms with E-state index in [0.29, 0.717) is 19.3 Å². The summed E-state index contributed by atoms with van der Waals surface area (Å²) in [5.74, 6) is -0.275. The highest BCUT2D eigenvalue weighted by Crippen LogP contribution is 2.15. The number of nitrogens with one attached hydrogen (secondary N) is 1. The summed E-state index contributed by atoms with van der Waals surface area (Å²) >= 11 is 0. The van der Waals surface area contributed by atoms with E-state index >= 15 is 0 Å². The van der Waals surface area contributed by atoms with Gasteiger partial charge >= 0.3 is 5.97 Å². The van der Waals surface area contributed by atoms with Gasteiger partial charge < -0.3 is 10.1 Å². The Morgan fingerprint density at radius 2 is 1.87 bits per heavy atom. The number of esters is 1. The van der Waals surface area contributed by atoms with Crippen molar-refractivity contribution in [1.29, 1.82) is 0 Å². The SMILES string of the molecule is CCC(C)(C)OC(=O)CCCC(=O)NC. The Balaban J connectivity index is 3.72. The molecule has 0 aliphatic rings. The fraction of sp³-hybridized carbons (Fsp3) is 0.818. The van der Waals surface area contributed by atoms with Gasteiger partial charge in [0.05, 0.1) is 0 Å². The predicted octanol–water partition coefficient (Wildman–Crippen LogP) is 1.63. The molecule has 4 heteroatoms. The lowest BCUT2D eigenvalue weighted by atomic mass is 10.1. The first-order valence-electron chi connectivity index (χ1n) is 5.33. The lowest BCUT2D eigenvalue weighted by Crippen LogP contribution is -2.27. The van der Waals surface area contributed by atoms with E-state index in [-0.39, 0.29) is 11.9 Å². The molecule has 0 saturated heterocycles. The van der Waals surface area contributed by atoms with Gasteiger partial charge in [-0.15, -0.1) is 0 Å². The van der Waals surface area contributed by atoms with E-state index < -0.39 is 5.60 Å². The van der Waals surface area contributed by atoms with Gasteiger partial charge in [0.25, 0.3) is 0 Å². The Kier molecular flexibility index (Phi) is 5.97. The zero-order valence-electron chi connectivity index (χ0n) is 10.1. The molecule has 0 atom stereocenters. The summed E-state index contributed by atoms with van der Waals surface area (Å²) in [4.78, 5) is 22.2. The van der Waals surface area contributed by atoms with E-state index in [9.17, 15) is 9.59 Å². The Hall–Kier alpha value is -1.06. The third kappa shape index (κ3) is 6.94. The van der Waals surface area contributed by atoms with Crippen LogP contribution >= 0.6 is 0 Å². The first-order valence-corrected chi connectivity index (χ1v) is 5.33. The molecule has 0 saturated carbocycles. The maximum Gasteiger partial charge on any atom is 0.306 e. The minimum absolute atomic E-state index is 0.0439. The van der Waals surface area contributed by atoms with E-state index in [2.05, 4.69) is 5.32 Å². The molecule has 0 aromatic rings. The van der Waals surface area contributed by atoms with Crippen molar-refractivity contribution in [3.8, 4) is 0 Å². The summed E-state index contributed by atoms with van der Waals surface area (Å²) in [6.45, 7) is 5.73. The predicted molar refractivity (Wildman–Crippen MR) is 58.4 cm³/mol. The standard InChI is InChI=1S/C11H21NO3/c1-5-11(2,3)15-10(14)8-6-7-9(13)12-4/h5-8H2,1-4H3,(H,12,13). The van der Waals surface area contributed by atoms with Gasteiger partial charge in [0.15, 0.2) is 0 Å². The highest BCUT2D eigenvalue weighted by Gasteiger charge is 2.19. The van der Waals surface area contributed by atoms with Gasteiger partial charge in [0.1, 0.15) is 5.60 Å². The lowest BCUT2D eigenvalue weighted by molar-refractivity contribution is -0.156. The Bertz CT molecular complexity index is 224. The van der Waals surface area contributed by atoms with Crippen LogP contribution in [0.15, 0.2) is 0 Å². The summed E-state index contributed by atoms with van der Waals surface area (Å²) in [5, 5.41) is 2.51. The molecular weight excluding hydrogens is 194 g/mol. The molecule has 1 N–H and O–H groups in total. The average Bonchev–Trinajstić information content (AvgIpc) is 2.16. The first-order chi connectivity index (χ1) is 6.91. The number of hydrogen-bond acceptors (Lipinski definition) is 3. The molecule has 4 nitrogen and oxygen atoms in total. The number of hydrogen-bond donors (Lipinski definition) is 1. The molecule has 0 aliphatic carbocycles. The largest absolute Gasteiger partial charge is 0.460 e. The third-order valence-electron chi connectivity index (χ3n) is 2.31. The van der Waals surface area contributed by atoms with Crippen LogP contribution in [0.3, 0.4) is 0 Å². The van der Waals surface area contributed by atoms with Gasteiger partial charge in [-0.3, -0.25) is 9.59 Å². The molecule has 0 aliphatic heterocycles. The summed E-state index contributed by atoms with van der Waals surface area (Å²) in [6.07, 6.45) is 2.00. The Morgan fingerprint density at radius 1 is 1.27 bits per heavy atom. The number of amides is 1. The fourth-order valence-corrected chi connectivity index (χ4v) is 0.950. The quantitative estimate of drug-likeness (QED) is 0.685. The minimum atomic E-state index is -0.399. The van der Waals surface area contributed by atoms with Crippen molar-refractivity contribution in [2.24, 2.45) is 0 Å². The van der Waals surface area contributed by atoms with Crippen LogP contribution in [0, 0.1) is 0 Å². The van der Waals surface area contributed by atoms with Crippen LogP contribution in [0.5, 0.6) is 0 Å². The van der Waals surface area contributed by atoms with E-state index in [1.807, 2.05) is 20.8 Å². The molecule has 1 amide bonds. The molecule has 0 heterocycles. The molecule has 0 fully saturated rings. The second-order valence-corrected chi connectivity index (χ2v) is 4.11. The molecule has 0 unspecified atom stereocenters. The van der Waals surface area contributed by atoms with E-state index in [0.717, 1.165) is 6.42 Å². The molecule has 15 heavy (non-hydrogen) atoms. The zero-order chi connectivity index (χ0) is 11.9. The van der Waals surface area contributed by atoms with Crippen LogP contribution in [-0.2, 0) is 14.3 Å². The van der Waals surface area contributed by atoms with E-state index in [1.165, 1.54) is 0 Å². The summed E-state index contributed by atoms with van der Waals surface area (Å²) < 4.78 is 5.23. The van der Waals surface area contributed by atoms with Crippen molar-refractivity contribution in [3.63, 3.8) is 0 Å². The fourth-order valence-electron chi connectivity index (χ4n) is 0.950. The maximum atomic E-state index is 11.3. The van der Waals surface area contributed by atoms with Gasteiger partial charge in [-0.1, -0.05) is 6.92 Å². The topological polar surface area (TPSA) is 55.4 Å². The second kappa shape index (κ2) is 6.43. The van der Waals surface area contributed by atoms with Crippen molar-refractivity contribution in [2.45, 2.75) is 52.1 Å². The number of carbonyl (C=O) groups excluding carboxylic acids is 2. The molecule has 0 spiro atoms. The van der Waals surface area contributed by atoms with Crippen LogP contribution in [0.25, 0.3) is 0 Å². The second-order valence-electron chi connectivity index (χ2n) is 4.11. The monoisotopic (exact) mass is 215 g/mol. The molecule has 88 valence electrons. The zero-order valence-corrected chi connectivity index (χ0v) is 10.1. The van der Waals surface area contributed by atoms with Gasteiger partial charge in [0.2, 0.25) is 5.91 Å². The van der Waals surface area contributed by atoms with Gasteiger partial charge in [-0.05, 0) is 26.7 Å². The van der Waals surface area contributed by atoms with Gasteiger partial charge in [-0.25, -0.2) is 0 Å². The average molecular weight is 215 g/mol. The lowest BCUT2D eigenvalue weighted by Gasteiger charge is -2.23. The summed E-state index contributed by atoms with van der Waals surface area (Å²) in [7, 11) is 1.58. The van der Waals surface area contributed by atoms with E-state index in [1.54, 1.807) is 7.05 Å². The molecule has 0 aromatic heterocycles. The van der Waals surface area contributed by atoms with Crippen LogP contribution < -0.4 is 5.32 Å². The Labute approximate surface area is 91.4 Å². The smallest absolute Gasteiger partial charge is 0.306 e. The molecule has 0 rings (SSSR count). The highest BCUT2D eigenvalue weighted by molar-refractivity contribution is 5.76. The number of rotatable bonds is 6. The molecule has 0 radical (unpaired) electrons. The van der Waals surface area contributed by atoms with Crippen LogP contribution in [0.1, 0.15) is 46.5 Å². The molecular formula is C11H21NO3. The van der Waals surface area contributed by atoms with Crippen molar-refractivity contribution in [2.75, 3.05) is 7.05 Å². The summed E-state index contributed by atoms with van der Waals surface area (Å²) in [6, 6.07) is 0. The van der Waals surface area contributed by atoms with Gasteiger partial charge in [0, 0.05) is 19.9 Å². The van der Waals surface area contributed by atoms with Crippen LogP contribution in [0.2, 0.25) is 0 Å². The van der Waals surface area contributed by atoms with Crippen LogP contribution in [-0.4, -0.2) is 24.5 Å². The third-order valence-corrected chi connectivity index (χ3v) is 2.31. The maximum absolute atomic E-state index is 11.3. The molecule has 0 aromatic carbocycles. The first kappa shape index (κ1) is 13.9. The van der Waals surface area contributed by atoms with Gasteiger partial charge in [-0.2, -0.15) is 0 Å². The number of ether oxygens (including phenoxy) is 1. The van der Waals surface area contributed by atoms with Crippen molar-refractivity contribution >= 4 is 11.9 Å². The van der Waals surface area contributed by atoms with Crippen molar-refractivity contribution in [3.05, 3.63) is 0 Å². The summed E-state index contributed by atoms with van der Waals surface area (Å²) in [5.41, 5.74) is -0.399. The minimum Gasteiger partial charge on any atom is -0.460 e. The van der Waals surface area contributed by atoms with Crippen LogP contribution in [0.4, 0.5) is 0 Å². The van der Waals surface area contributed by atoms with E-state index in [4.69, 9.17) is 4.74 Å². The van der Waals surface area contributed by atoms with Crippen molar-refractivity contribution in [1.82, 2.24) is 5.32 Å². The highest BCUT2D eigenvalue weighted by atomic mass is 16.6. The normalized spacial score (nSPS) is 10.9.